The van der Waals surface area contributed by atoms with Gasteiger partial charge in [-0.05, 0) is 24.7 Å². The van der Waals surface area contributed by atoms with Crippen molar-refractivity contribution < 1.29 is 4.79 Å². The highest BCUT2D eigenvalue weighted by Gasteiger charge is 2.29. The summed E-state index contributed by atoms with van der Waals surface area (Å²) < 4.78 is 0. The molecule has 2 aliphatic rings. The third-order valence-electron chi connectivity index (χ3n) is 5.05. The molecule has 0 radical (unpaired) electrons. The second-order valence-corrected chi connectivity index (χ2v) is 7.16. The Bertz CT molecular complexity index is 625. The molecule has 0 bridgehead atoms. The fourth-order valence-corrected chi connectivity index (χ4v) is 3.74. The average molecular weight is 339 g/mol. The number of anilines is 1. The molecule has 1 aromatic rings. The van der Waals surface area contributed by atoms with Crippen molar-refractivity contribution in [2.45, 2.75) is 32.6 Å². The minimum absolute atomic E-state index is 0.0996. The molecule has 7 heteroatoms. The Morgan fingerprint density at radius 1 is 1.26 bits per heavy atom. The fourth-order valence-electron chi connectivity index (χ4n) is 3.53. The van der Waals surface area contributed by atoms with Crippen LogP contribution in [0.3, 0.4) is 0 Å². The van der Waals surface area contributed by atoms with Crippen molar-refractivity contribution >= 4 is 23.2 Å². The van der Waals surface area contributed by atoms with Crippen molar-refractivity contribution in [3.8, 4) is 0 Å². The summed E-state index contributed by atoms with van der Waals surface area (Å²) in [7, 11) is 0. The molecule has 6 nitrogen and oxygen atoms in total. The van der Waals surface area contributed by atoms with E-state index in [1.54, 1.807) is 0 Å². The standard InChI is InChI=1S/C16H23ClN4O2/c1-11-2-4-12(5-3-11)9-21-7-6-20(10-14(21)22)13-8-18-19-16(23)15(13)17/h8,11-12H,2-7,9-10H2,1H3,(H,19,23)/t11-,12+. The van der Waals surface area contributed by atoms with Gasteiger partial charge in [-0.3, -0.25) is 9.59 Å². The number of carbonyl (C=O) groups is 1. The van der Waals surface area contributed by atoms with Gasteiger partial charge in [0.25, 0.3) is 5.56 Å². The van der Waals surface area contributed by atoms with Crippen molar-refractivity contribution in [2.75, 3.05) is 31.1 Å². The first-order valence-corrected chi connectivity index (χ1v) is 8.68. The van der Waals surface area contributed by atoms with E-state index >= 15 is 0 Å². The molecule has 1 aromatic heterocycles. The Morgan fingerprint density at radius 3 is 2.70 bits per heavy atom. The average Bonchev–Trinajstić information content (AvgIpc) is 2.54. The number of piperazine rings is 1. The predicted molar refractivity (Wildman–Crippen MR) is 89.8 cm³/mol. The number of carbonyl (C=O) groups excluding carboxylic acids is 1. The number of H-pyrrole nitrogens is 1. The van der Waals surface area contributed by atoms with Gasteiger partial charge in [-0.1, -0.05) is 31.4 Å². The molecule has 0 atom stereocenters. The van der Waals surface area contributed by atoms with Crippen LogP contribution >= 0.6 is 11.6 Å². The topological polar surface area (TPSA) is 69.3 Å². The second-order valence-electron chi connectivity index (χ2n) is 6.79. The molecule has 1 N–H and O–H groups in total. The lowest BCUT2D eigenvalue weighted by Crippen LogP contribution is -2.52. The fraction of sp³-hybridized carbons (Fsp3) is 0.688. The van der Waals surface area contributed by atoms with Crippen LogP contribution in [0.1, 0.15) is 32.6 Å². The summed E-state index contributed by atoms with van der Waals surface area (Å²) in [6.07, 6.45) is 6.49. The minimum Gasteiger partial charge on any atom is -0.358 e. The van der Waals surface area contributed by atoms with E-state index < -0.39 is 5.56 Å². The SMILES string of the molecule is C[C@H]1CC[C@@H](CN2CCN(c3cn[nH]c(=O)c3Cl)CC2=O)CC1. The molecule has 23 heavy (non-hydrogen) atoms. The van der Waals surface area contributed by atoms with Gasteiger partial charge in [0.2, 0.25) is 5.91 Å². The van der Waals surface area contributed by atoms with Gasteiger partial charge in [0, 0.05) is 19.6 Å². The summed E-state index contributed by atoms with van der Waals surface area (Å²) in [5.74, 6) is 1.56. The number of hydrogen-bond donors (Lipinski definition) is 1. The number of amides is 1. The van der Waals surface area contributed by atoms with Crippen LogP contribution in [-0.2, 0) is 4.79 Å². The van der Waals surface area contributed by atoms with E-state index in [0.717, 1.165) is 12.5 Å². The molecule has 1 amide bonds. The molecule has 1 saturated heterocycles. The first-order valence-electron chi connectivity index (χ1n) is 8.30. The molecule has 0 unspecified atom stereocenters. The first-order chi connectivity index (χ1) is 11.0. The van der Waals surface area contributed by atoms with Crippen LogP contribution in [0.5, 0.6) is 0 Å². The largest absolute Gasteiger partial charge is 0.358 e. The highest BCUT2D eigenvalue weighted by atomic mass is 35.5. The molecule has 2 fully saturated rings. The monoisotopic (exact) mass is 338 g/mol. The van der Waals surface area contributed by atoms with Crippen molar-refractivity contribution in [1.29, 1.82) is 0 Å². The lowest BCUT2D eigenvalue weighted by atomic mass is 9.83. The third-order valence-corrected chi connectivity index (χ3v) is 5.42. The van der Waals surface area contributed by atoms with Crippen molar-refractivity contribution in [2.24, 2.45) is 11.8 Å². The van der Waals surface area contributed by atoms with Crippen LogP contribution < -0.4 is 10.5 Å². The van der Waals surface area contributed by atoms with Gasteiger partial charge in [0.15, 0.2) is 0 Å². The van der Waals surface area contributed by atoms with E-state index in [-0.39, 0.29) is 17.5 Å². The zero-order valence-electron chi connectivity index (χ0n) is 13.4. The lowest BCUT2D eigenvalue weighted by Gasteiger charge is -2.38. The minimum atomic E-state index is -0.421. The third kappa shape index (κ3) is 3.68. The number of halogens is 1. The van der Waals surface area contributed by atoms with Gasteiger partial charge in [-0.2, -0.15) is 5.10 Å². The number of aromatic amines is 1. The summed E-state index contributed by atoms with van der Waals surface area (Å²) in [5.41, 5.74) is 0.116. The summed E-state index contributed by atoms with van der Waals surface area (Å²) in [6, 6.07) is 0. The van der Waals surface area contributed by atoms with Crippen molar-refractivity contribution in [1.82, 2.24) is 15.1 Å². The van der Waals surface area contributed by atoms with Crippen LogP contribution in [0, 0.1) is 11.8 Å². The number of aromatic nitrogens is 2. The van der Waals surface area contributed by atoms with E-state index in [0.29, 0.717) is 24.7 Å². The summed E-state index contributed by atoms with van der Waals surface area (Å²) in [5, 5.41) is 6.17. The Morgan fingerprint density at radius 2 is 2.00 bits per heavy atom. The van der Waals surface area contributed by atoms with Crippen LogP contribution in [0.4, 0.5) is 5.69 Å². The molecular weight excluding hydrogens is 316 g/mol. The lowest BCUT2D eigenvalue weighted by molar-refractivity contribution is -0.131. The number of hydrogen-bond acceptors (Lipinski definition) is 4. The molecular formula is C16H23ClN4O2. The van der Waals surface area contributed by atoms with E-state index in [4.69, 9.17) is 11.6 Å². The van der Waals surface area contributed by atoms with Gasteiger partial charge >= 0.3 is 0 Å². The van der Waals surface area contributed by atoms with E-state index in [1.807, 2.05) is 9.80 Å². The molecule has 1 aliphatic carbocycles. The Hall–Kier alpha value is -1.56. The summed E-state index contributed by atoms with van der Waals surface area (Å²) in [6.45, 7) is 4.78. The van der Waals surface area contributed by atoms with Crippen LogP contribution in [0.25, 0.3) is 0 Å². The zero-order chi connectivity index (χ0) is 16.4. The maximum absolute atomic E-state index is 12.4. The van der Waals surface area contributed by atoms with Gasteiger partial charge in [0.05, 0.1) is 18.4 Å². The molecule has 3 rings (SSSR count). The van der Waals surface area contributed by atoms with Gasteiger partial charge in [-0.15, -0.1) is 0 Å². The number of nitrogens with zero attached hydrogens (tertiary/aromatic N) is 3. The number of rotatable bonds is 3. The highest BCUT2D eigenvalue weighted by Crippen LogP contribution is 2.29. The Balaban J connectivity index is 1.60. The summed E-state index contributed by atoms with van der Waals surface area (Å²) >= 11 is 6.03. The molecule has 1 aliphatic heterocycles. The van der Waals surface area contributed by atoms with Crippen LogP contribution in [-0.4, -0.2) is 47.2 Å². The van der Waals surface area contributed by atoms with Crippen LogP contribution in [0.15, 0.2) is 11.0 Å². The number of nitrogens with one attached hydrogen (secondary N) is 1. The first kappa shape index (κ1) is 16.3. The van der Waals surface area contributed by atoms with Crippen LogP contribution in [0.2, 0.25) is 5.02 Å². The maximum Gasteiger partial charge on any atom is 0.285 e. The van der Waals surface area contributed by atoms with Gasteiger partial charge < -0.3 is 9.80 Å². The predicted octanol–water partition coefficient (Wildman–Crippen LogP) is 1.90. The molecule has 126 valence electrons. The quantitative estimate of drug-likeness (QED) is 0.914. The Kier molecular flexibility index (Phi) is 4.90. The molecule has 2 heterocycles. The second kappa shape index (κ2) is 6.91. The smallest absolute Gasteiger partial charge is 0.285 e. The zero-order valence-corrected chi connectivity index (χ0v) is 14.2. The molecule has 1 saturated carbocycles. The molecule has 0 spiro atoms. The maximum atomic E-state index is 12.4. The van der Waals surface area contributed by atoms with E-state index in [9.17, 15) is 9.59 Å². The van der Waals surface area contributed by atoms with Gasteiger partial charge in [0.1, 0.15) is 5.02 Å². The van der Waals surface area contributed by atoms with Gasteiger partial charge in [-0.25, -0.2) is 5.10 Å². The highest BCUT2D eigenvalue weighted by molar-refractivity contribution is 6.33. The van der Waals surface area contributed by atoms with E-state index in [2.05, 4.69) is 17.1 Å². The summed E-state index contributed by atoms with van der Waals surface area (Å²) in [4.78, 5) is 27.8. The Labute approximate surface area is 140 Å². The van der Waals surface area contributed by atoms with E-state index in [1.165, 1.54) is 31.9 Å². The normalized spacial score (nSPS) is 25.7. The van der Waals surface area contributed by atoms with Crippen molar-refractivity contribution in [3.05, 3.63) is 21.6 Å². The van der Waals surface area contributed by atoms with Crippen molar-refractivity contribution in [3.63, 3.8) is 0 Å². The molecule has 0 aromatic carbocycles.